The Morgan fingerprint density at radius 1 is 1.83 bits per heavy atom. The predicted molar refractivity (Wildman–Crippen MR) is 45.8 cm³/mol. The molecule has 1 rings (SSSR count). The number of urea groups is 1. The van der Waals surface area contributed by atoms with E-state index in [-0.39, 0.29) is 12.6 Å². The Hall–Kier alpha value is -1.61. The number of anilines is 1. The number of hydrogen-bond donors (Lipinski definition) is 2. The van der Waals surface area contributed by atoms with Crippen LogP contribution in [0.1, 0.15) is 0 Å². The quantitative estimate of drug-likeness (QED) is 0.646. The summed E-state index contributed by atoms with van der Waals surface area (Å²) in [6.07, 6.45) is 6.39. The van der Waals surface area contributed by atoms with Crippen LogP contribution in [-0.2, 0) is 0 Å². The van der Waals surface area contributed by atoms with Gasteiger partial charge in [0, 0.05) is 11.5 Å². The molecular formula is C6H6N4OS. The highest BCUT2D eigenvalue weighted by atomic mass is 32.1. The van der Waals surface area contributed by atoms with Gasteiger partial charge in [0.25, 0.3) is 0 Å². The van der Waals surface area contributed by atoms with Gasteiger partial charge in [-0.1, -0.05) is 10.4 Å². The molecular weight excluding hydrogens is 176 g/mol. The molecule has 2 amide bonds. The maximum atomic E-state index is 10.9. The monoisotopic (exact) mass is 182 g/mol. The van der Waals surface area contributed by atoms with Crippen molar-refractivity contribution in [1.82, 2.24) is 14.9 Å². The van der Waals surface area contributed by atoms with Crippen molar-refractivity contribution in [2.24, 2.45) is 0 Å². The second kappa shape index (κ2) is 4.31. The number of nitrogens with one attached hydrogen (secondary N) is 2. The SMILES string of the molecule is C#CCNC(=O)Nc1cnns1. The van der Waals surface area contributed by atoms with E-state index in [0.717, 1.165) is 11.5 Å². The van der Waals surface area contributed by atoms with Crippen molar-refractivity contribution in [3.05, 3.63) is 6.20 Å². The molecule has 0 aliphatic heterocycles. The van der Waals surface area contributed by atoms with E-state index in [1.165, 1.54) is 6.20 Å². The van der Waals surface area contributed by atoms with Crippen molar-refractivity contribution in [1.29, 1.82) is 0 Å². The molecule has 62 valence electrons. The van der Waals surface area contributed by atoms with Crippen LogP contribution in [0.4, 0.5) is 9.80 Å². The molecule has 0 saturated heterocycles. The second-order valence-corrected chi connectivity index (χ2v) is 2.58. The maximum Gasteiger partial charge on any atom is 0.320 e. The molecule has 0 aliphatic carbocycles. The molecule has 0 unspecified atom stereocenters. The Kier molecular flexibility index (Phi) is 3.04. The fourth-order valence-electron chi connectivity index (χ4n) is 0.510. The molecule has 0 aromatic carbocycles. The average Bonchev–Trinajstić information content (AvgIpc) is 2.53. The second-order valence-electron chi connectivity index (χ2n) is 1.79. The number of carbonyl (C=O) groups is 1. The van der Waals surface area contributed by atoms with E-state index in [0.29, 0.717) is 5.00 Å². The summed E-state index contributed by atoms with van der Waals surface area (Å²) in [5, 5.41) is 9.07. The molecule has 0 saturated carbocycles. The van der Waals surface area contributed by atoms with E-state index in [1.807, 2.05) is 0 Å². The molecule has 0 aliphatic rings. The minimum atomic E-state index is -0.348. The zero-order chi connectivity index (χ0) is 8.81. The zero-order valence-corrected chi connectivity index (χ0v) is 6.89. The highest BCUT2D eigenvalue weighted by molar-refractivity contribution is 7.10. The minimum Gasteiger partial charge on any atom is -0.327 e. The van der Waals surface area contributed by atoms with Crippen LogP contribution in [0, 0.1) is 12.3 Å². The van der Waals surface area contributed by atoms with Gasteiger partial charge in [-0.25, -0.2) is 4.79 Å². The van der Waals surface area contributed by atoms with Crippen molar-refractivity contribution >= 4 is 22.6 Å². The lowest BCUT2D eigenvalue weighted by molar-refractivity contribution is 0.253. The first-order valence-corrected chi connectivity index (χ1v) is 3.86. The lowest BCUT2D eigenvalue weighted by atomic mass is 10.6. The first-order valence-electron chi connectivity index (χ1n) is 3.08. The first-order chi connectivity index (χ1) is 5.83. The van der Waals surface area contributed by atoms with E-state index in [2.05, 4.69) is 26.1 Å². The molecule has 1 aromatic rings. The molecule has 1 aromatic heterocycles. The summed E-state index contributed by atoms with van der Waals surface area (Å²) in [5.41, 5.74) is 0. The standard InChI is InChI=1S/C6H6N4OS/c1-2-3-7-6(11)9-5-4-8-10-12-5/h1,4H,3H2,(H2,7,9,11). The van der Waals surface area contributed by atoms with Gasteiger partial charge >= 0.3 is 6.03 Å². The van der Waals surface area contributed by atoms with E-state index >= 15 is 0 Å². The number of rotatable bonds is 2. The van der Waals surface area contributed by atoms with E-state index in [9.17, 15) is 4.79 Å². The van der Waals surface area contributed by atoms with Crippen LogP contribution < -0.4 is 10.6 Å². The van der Waals surface area contributed by atoms with Crippen LogP contribution in [0.3, 0.4) is 0 Å². The van der Waals surface area contributed by atoms with Crippen molar-refractivity contribution in [3.63, 3.8) is 0 Å². The minimum absolute atomic E-state index is 0.206. The topological polar surface area (TPSA) is 66.9 Å². The summed E-state index contributed by atoms with van der Waals surface area (Å²) in [5.74, 6) is 2.28. The molecule has 0 spiro atoms. The zero-order valence-electron chi connectivity index (χ0n) is 6.07. The van der Waals surface area contributed by atoms with Gasteiger partial charge in [0.1, 0.15) is 5.00 Å². The predicted octanol–water partition coefficient (Wildman–Crippen LogP) is 0.293. The van der Waals surface area contributed by atoms with Crippen LogP contribution in [0.15, 0.2) is 6.20 Å². The smallest absolute Gasteiger partial charge is 0.320 e. The summed E-state index contributed by atoms with van der Waals surface area (Å²) in [7, 11) is 0. The molecule has 12 heavy (non-hydrogen) atoms. The first kappa shape index (κ1) is 8.49. The van der Waals surface area contributed by atoms with Gasteiger partial charge in [0.2, 0.25) is 0 Å². The number of hydrogen-bond acceptors (Lipinski definition) is 4. The number of aromatic nitrogens is 2. The van der Waals surface area contributed by atoms with Crippen LogP contribution in [-0.4, -0.2) is 22.2 Å². The molecule has 1 heterocycles. The van der Waals surface area contributed by atoms with Gasteiger partial charge in [-0.2, -0.15) is 0 Å². The van der Waals surface area contributed by atoms with Gasteiger partial charge in [0.05, 0.1) is 12.7 Å². The Labute approximate surface area is 73.3 Å². The lowest BCUT2D eigenvalue weighted by Crippen LogP contribution is -2.28. The lowest BCUT2D eigenvalue weighted by Gasteiger charge is -1.99. The summed E-state index contributed by atoms with van der Waals surface area (Å²) in [4.78, 5) is 10.9. The van der Waals surface area contributed by atoms with Gasteiger partial charge in [0.15, 0.2) is 0 Å². The number of carbonyl (C=O) groups excluding carboxylic acids is 1. The highest BCUT2D eigenvalue weighted by Crippen LogP contribution is 2.07. The number of terminal acetylenes is 1. The van der Waals surface area contributed by atoms with Gasteiger partial charge in [-0.15, -0.1) is 11.5 Å². The fourth-order valence-corrected chi connectivity index (χ4v) is 0.924. The van der Waals surface area contributed by atoms with Gasteiger partial charge < -0.3 is 5.32 Å². The third-order valence-corrected chi connectivity index (χ3v) is 1.53. The molecule has 0 radical (unpaired) electrons. The van der Waals surface area contributed by atoms with Gasteiger partial charge in [-0.3, -0.25) is 5.32 Å². The third kappa shape index (κ3) is 2.56. The van der Waals surface area contributed by atoms with Crippen molar-refractivity contribution in [2.45, 2.75) is 0 Å². The largest absolute Gasteiger partial charge is 0.327 e. The van der Waals surface area contributed by atoms with Crippen LogP contribution in [0.25, 0.3) is 0 Å². The van der Waals surface area contributed by atoms with E-state index < -0.39 is 0 Å². The molecule has 6 heteroatoms. The van der Waals surface area contributed by atoms with Crippen LogP contribution in [0.2, 0.25) is 0 Å². The molecule has 0 atom stereocenters. The van der Waals surface area contributed by atoms with Crippen LogP contribution >= 0.6 is 11.5 Å². The van der Waals surface area contributed by atoms with Crippen molar-refractivity contribution in [2.75, 3.05) is 11.9 Å². The van der Waals surface area contributed by atoms with Crippen LogP contribution in [0.5, 0.6) is 0 Å². The maximum absolute atomic E-state index is 10.9. The number of nitrogens with zero attached hydrogens (tertiary/aromatic N) is 2. The molecule has 2 N–H and O–H groups in total. The van der Waals surface area contributed by atoms with Crippen molar-refractivity contribution < 1.29 is 4.79 Å². The fraction of sp³-hybridized carbons (Fsp3) is 0.167. The highest BCUT2D eigenvalue weighted by Gasteiger charge is 2.00. The Balaban J connectivity index is 2.33. The van der Waals surface area contributed by atoms with E-state index in [4.69, 9.17) is 6.42 Å². The Morgan fingerprint density at radius 3 is 3.25 bits per heavy atom. The van der Waals surface area contributed by atoms with Gasteiger partial charge in [-0.05, 0) is 0 Å². The molecule has 5 nitrogen and oxygen atoms in total. The summed E-state index contributed by atoms with van der Waals surface area (Å²) in [6, 6.07) is -0.348. The molecule has 0 fully saturated rings. The average molecular weight is 182 g/mol. The Bertz CT molecular complexity index is 289. The summed E-state index contributed by atoms with van der Waals surface area (Å²) in [6.45, 7) is 0.206. The normalized spacial score (nSPS) is 8.58. The summed E-state index contributed by atoms with van der Waals surface area (Å²) < 4.78 is 3.56. The summed E-state index contributed by atoms with van der Waals surface area (Å²) >= 11 is 1.10. The van der Waals surface area contributed by atoms with E-state index in [1.54, 1.807) is 0 Å². The number of amides is 2. The molecule has 0 bridgehead atoms. The van der Waals surface area contributed by atoms with Crippen molar-refractivity contribution in [3.8, 4) is 12.3 Å². The third-order valence-electron chi connectivity index (χ3n) is 0.949. The Morgan fingerprint density at radius 2 is 2.67 bits per heavy atom.